The van der Waals surface area contributed by atoms with Crippen molar-refractivity contribution in [3.8, 4) is 0 Å². The van der Waals surface area contributed by atoms with Gasteiger partial charge in [-0.15, -0.1) is 0 Å². The Hall–Kier alpha value is 0.890. The van der Waals surface area contributed by atoms with Gasteiger partial charge in [0.25, 0.3) is 0 Å². The average molecular weight is 207 g/mol. The first-order chi connectivity index (χ1) is 4.52. The number of hydrogen-bond acceptors (Lipinski definition) is 3. The Morgan fingerprint density at radius 2 is 1.50 bits per heavy atom. The first-order valence-corrected chi connectivity index (χ1v) is 4.63. The number of halogens is 2. The fourth-order valence-electron chi connectivity index (χ4n) is 0.273. The van der Waals surface area contributed by atoms with Gasteiger partial charge in [0.05, 0.1) is 0 Å². The van der Waals surface area contributed by atoms with Crippen LogP contribution < -0.4 is 0 Å². The fraction of sp³-hybridized carbons (Fsp3) is 1.00. The summed E-state index contributed by atoms with van der Waals surface area (Å²) in [7, 11) is -1.92. The zero-order valence-electron chi connectivity index (χ0n) is 5.62. The third kappa shape index (κ3) is 7.00. The summed E-state index contributed by atoms with van der Waals surface area (Å²) < 4.78 is 9.28. The maximum atomic E-state index is 8.84. The molecule has 0 saturated carbocycles. The molecule has 0 amide bonds. The molecule has 2 atom stereocenters. The van der Waals surface area contributed by atoms with Crippen molar-refractivity contribution in [2.24, 2.45) is 0 Å². The molecule has 0 aromatic carbocycles. The van der Waals surface area contributed by atoms with Crippen molar-refractivity contribution >= 4 is 31.8 Å². The summed E-state index contributed by atoms with van der Waals surface area (Å²) in [6.45, 7) is 3.16. The van der Waals surface area contributed by atoms with E-state index in [0.717, 1.165) is 0 Å². The van der Waals surface area contributed by atoms with E-state index in [1.165, 1.54) is 0 Å². The summed E-state index contributed by atoms with van der Waals surface area (Å²) in [5.74, 6) is 0. The van der Waals surface area contributed by atoms with E-state index < -0.39 is 19.7 Å². The van der Waals surface area contributed by atoms with Crippen LogP contribution in [0, 0.1) is 0 Å². The number of rotatable bonds is 4. The van der Waals surface area contributed by atoms with Gasteiger partial charge in [0.1, 0.15) is 11.1 Å². The van der Waals surface area contributed by atoms with Gasteiger partial charge in [0, 0.05) is 0 Å². The molecule has 3 nitrogen and oxygen atoms in total. The topological polar surface area (TPSA) is 38.7 Å². The van der Waals surface area contributed by atoms with Gasteiger partial charge in [0.15, 0.2) is 0 Å². The molecule has 0 saturated heterocycles. The predicted octanol–water partition coefficient (Wildman–Crippen LogP) is 2.41. The summed E-state index contributed by atoms with van der Waals surface area (Å²) in [5.41, 5.74) is -1.13. The summed E-state index contributed by atoms with van der Waals surface area (Å²) in [5, 5.41) is 0. The minimum absolute atomic E-state index is 0.563. The van der Waals surface area contributed by atoms with Crippen LogP contribution in [0.4, 0.5) is 0 Å². The Balaban J connectivity index is 3.34. The molecular formula is C4H9Cl2O3P. The first kappa shape index (κ1) is 10.9. The van der Waals surface area contributed by atoms with E-state index in [-0.39, 0.29) is 0 Å². The highest BCUT2D eigenvalue weighted by atomic mass is 35.5. The molecule has 10 heavy (non-hydrogen) atoms. The maximum Gasteiger partial charge on any atom is 0.332 e. The van der Waals surface area contributed by atoms with Gasteiger partial charge in [-0.05, 0) is 13.8 Å². The molecule has 0 radical (unpaired) electrons. The zero-order valence-corrected chi connectivity index (χ0v) is 8.03. The van der Waals surface area contributed by atoms with E-state index in [1.807, 2.05) is 0 Å². The normalized spacial score (nSPS) is 20.1. The quantitative estimate of drug-likeness (QED) is 0.568. The summed E-state index contributed by atoms with van der Waals surface area (Å²) in [6, 6.07) is 0. The van der Waals surface area contributed by atoms with Gasteiger partial charge in [-0.1, -0.05) is 23.2 Å². The van der Waals surface area contributed by atoms with E-state index in [4.69, 9.17) is 28.1 Å². The molecule has 0 fully saturated rings. The van der Waals surface area contributed by atoms with Crippen LogP contribution in [0.25, 0.3) is 0 Å². The van der Waals surface area contributed by atoms with Gasteiger partial charge < -0.3 is 4.89 Å². The second-order valence-electron chi connectivity index (χ2n) is 1.53. The summed E-state index contributed by atoms with van der Waals surface area (Å²) in [6.07, 6.45) is 0. The molecule has 0 aliphatic rings. The lowest BCUT2D eigenvalue weighted by atomic mass is 10.9. The smallest absolute Gasteiger partial charge is 0.328 e. The average Bonchev–Trinajstić information content (AvgIpc) is 1.58. The van der Waals surface area contributed by atoms with Gasteiger partial charge in [-0.25, -0.2) is 0 Å². The SMILES string of the molecule is CC(Cl)OP(O)OC(C)Cl. The van der Waals surface area contributed by atoms with Crippen molar-refractivity contribution in [1.29, 1.82) is 0 Å². The molecule has 0 rings (SSSR count). The van der Waals surface area contributed by atoms with E-state index in [2.05, 4.69) is 9.05 Å². The third-order valence-corrected chi connectivity index (χ3v) is 1.89. The molecule has 62 valence electrons. The predicted molar refractivity (Wildman–Crippen MR) is 41.9 cm³/mol. The van der Waals surface area contributed by atoms with Crippen LogP contribution in [0.5, 0.6) is 0 Å². The largest absolute Gasteiger partial charge is 0.332 e. The maximum absolute atomic E-state index is 8.84. The molecular weight excluding hydrogens is 198 g/mol. The van der Waals surface area contributed by atoms with Gasteiger partial charge >= 0.3 is 8.60 Å². The zero-order chi connectivity index (χ0) is 8.15. The van der Waals surface area contributed by atoms with Crippen LogP contribution in [0.3, 0.4) is 0 Å². The Morgan fingerprint density at radius 1 is 1.20 bits per heavy atom. The van der Waals surface area contributed by atoms with E-state index in [0.29, 0.717) is 0 Å². The van der Waals surface area contributed by atoms with E-state index >= 15 is 0 Å². The lowest BCUT2D eigenvalue weighted by Gasteiger charge is -2.12. The van der Waals surface area contributed by atoms with Crippen molar-refractivity contribution < 1.29 is 13.9 Å². The number of alkyl halides is 2. The Labute approximate surface area is 71.2 Å². The van der Waals surface area contributed by atoms with Crippen LogP contribution in [-0.2, 0) is 9.05 Å². The van der Waals surface area contributed by atoms with Crippen LogP contribution in [0.1, 0.15) is 13.8 Å². The van der Waals surface area contributed by atoms with Crippen molar-refractivity contribution in [2.45, 2.75) is 25.0 Å². The summed E-state index contributed by atoms with van der Waals surface area (Å²) >= 11 is 10.7. The van der Waals surface area contributed by atoms with Crippen LogP contribution in [0.2, 0.25) is 0 Å². The minimum atomic E-state index is -1.92. The highest BCUT2D eigenvalue weighted by Gasteiger charge is 2.12. The lowest BCUT2D eigenvalue weighted by molar-refractivity contribution is 0.185. The van der Waals surface area contributed by atoms with Crippen molar-refractivity contribution in [3.05, 3.63) is 0 Å². The molecule has 0 aromatic heterocycles. The van der Waals surface area contributed by atoms with Gasteiger partial charge in [0.2, 0.25) is 0 Å². The lowest BCUT2D eigenvalue weighted by Crippen LogP contribution is -2.00. The van der Waals surface area contributed by atoms with Gasteiger partial charge in [-0.3, -0.25) is 9.05 Å². The standard InChI is InChI=1S/C4H9Cl2O3P/c1-3(5)8-10(7)9-4(2)6/h3-4,7H,1-2H3. The minimum Gasteiger partial charge on any atom is -0.328 e. The molecule has 6 heteroatoms. The monoisotopic (exact) mass is 206 g/mol. The van der Waals surface area contributed by atoms with Crippen LogP contribution >= 0.6 is 31.8 Å². The highest BCUT2D eigenvalue weighted by Crippen LogP contribution is 2.37. The Morgan fingerprint density at radius 3 is 1.70 bits per heavy atom. The second kappa shape index (κ2) is 5.53. The molecule has 0 aliphatic heterocycles. The molecule has 1 N–H and O–H groups in total. The number of hydrogen-bond donors (Lipinski definition) is 1. The second-order valence-corrected chi connectivity index (χ2v) is 3.66. The van der Waals surface area contributed by atoms with Crippen molar-refractivity contribution in [2.75, 3.05) is 0 Å². The van der Waals surface area contributed by atoms with E-state index in [1.54, 1.807) is 13.8 Å². The molecule has 0 bridgehead atoms. The molecule has 0 aliphatic carbocycles. The van der Waals surface area contributed by atoms with Gasteiger partial charge in [-0.2, -0.15) is 0 Å². The Kier molecular flexibility index (Phi) is 6.02. The Bertz CT molecular complexity index is 80.6. The van der Waals surface area contributed by atoms with Crippen molar-refractivity contribution in [1.82, 2.24) is 0 Å². The first-order valence-electron chi connectivity index (χ1n) is 2.63. The molecule has 2 unspecified atom stereocenters. The van der Waals surface area contributed by atoms with E-state index in [9.17, 15) is 0 Å². The molecule has 0 heterocycles. The highest BCUT2D eigenvalue weighted by molar-refractivity contribution is 7.40. The fourth-order valence-corrected chi connectivity index (χ4v) is 1.23. The van der Waals surface area contributed by atoms with Crippen LogP contribution in [0.15, 0.2) is 0 Å². The van der Waals surface area contributed by atoms with Crippen LogP contribution in [-0.4, -0.2) is 16.0 Å². The molecule has 0 aromatic rings. The summed E-state index contributed by atoms with van der Waals surface area (Å²) in [4.78, 5) is 8.84. The molecule has 0 spiro atoms. The third-order valence-electron chi connectivity index (χ3n) is 0.471. The van der Waals surface area contributed by atoms with Crippen molar-refractivity contribution in [3.63, 3.8) is 0 Å².